The van der Waals surface area contributed by atoms with Crippen molar-refractivity contribution >= 4 is 5.69 Å². The number of anilines is 1. The molecule has 4 aromatic rings. The van der Waals surface area contributed by atoms with Gasteiger partial charge in [0, 0.05) is 50.0 Å². The first-order valence-corrected chi connectivity index (χ1v) is 14.3. The van der Waals surface area contributed by atoms with Gasteiger partial charge in [0.15, 0.2) is 0 Å². The average molecular weight is 630 g/mol. The van der Waals surface area contributed by atoms with Crippen LogP contribution in [0.1, 0.15) is 28.4 Å². The molecule has 13 heteroatoms. The summed E-state index contributed by atoms with van der Waals surface area (Å²) in [5.41, 5.74) is 6.57. The maximum absolute atomic E-state index is 14.7. The molecule has 1 aliphatic rings. The van der Waals surface area contributed by atoms with Crippen molar-refractivity contribution in [2.45, 2.75) is 39.0 Å². The third-order valence-corrected chi connectivity index (χ3v) is 7.87. The van der Waals surface area contributed by atoms with Gasteiger partial charge in [-0.3, -0.25) is 18.8 Å². The molecule has 0 bridgehead atoms. The van der Waals surface area contributed by atoms with E-state index in [1.54, 1.807) is 37.3 Å². The Morgan fingerprint density at radius 1 is 0.844 bits per heavy atom. The van der Waals surface area contributed by atoms with Crippen LogP contribution in [0.25, 0.3) is 0 Å². The lowest BCUT2D eigenvalue weighted by molar-refractivity contribution is -0.274. The lowest BCUT2D eigenvalue weighted by atomic mass is 10.1. The molecule has 238 valence electrons. The molecule has 0 spiro atoms. The van der Waals surface area contributed by atoms with Crippen LogP contribution in [0, 0.1) is 18.6 Å². The number of piperazine rings is 1. The van der Waals surface area contributed by atoms with Crippen molar-refractivity contribution < 1.29 is 26.7 Å². The minimum absolute atomic E-state index is 0.162. The van der Waals surface area contributed by atoms with Crippen LogP contribution < -0.4 is 26.6 Å². The van der Waals surface area contributed by atoms with Crippen molar-refractivity contribution in [3.63, 3.8) is 0 Å². The summed E-state index contributed by atoms with van der Waals surface area (Å²) >= 11 is 0. The van der Waals surface area contributed by atoms with Gasteiger partial charge in [-0.25, -0.2) is 13.6 Å². The molecule has 1 fully saturated rings. The Balaban J connectivity index is 1.44. The Bertz CT molecular complexity index is 1750. The molecule has 1 saturated heterocycles. The predicted molar refractivity (Wildman–Crippen MR) is 159 cm³/mol. The van der Waals surface area contributed by atoms with Crippen LogP contribution >= 0.6 is 0 Å². The van der Waals surface area contributed by atoms with E-state index in [2.05, 4.69) is 4.74 Å². The first kappa shape index (κ1) is 31.9. The molecule has 0 saturated carbocycles. The van der Waals surface area contributed by atoms with Crippen LogP contribution in [0.3, 0.4) is 0 Å². The van der Waals surface area contributed by atoms with Crippen molar-refractivity contribution in [1.29, 1.82) is 0 Å². The van der Waals surface area contributed by atoms with Gasteiger partial charge >= 0.3 is 12.1 Å². The fourth-order valence-electron chi connectivity index (χ4n) is 5.57. The highest BCUT2D eigenvalue weighted by molar-refractivity contribution is 5.50. The van der Waals surface area contributed by atoms with Gasteiger partial charge in [0.05, 0.1) is 13.1 Å². The van der Waals surface area contributed by atoms with Crippen molar-refractivity contribution in [3.05, 3.63) is 128 Å². The Morgan fingerprint density at radius 3 is 2.13 bits per heavy atom. The number of nitrogens with two attached hydrogens (primary N) is 1. The second kappa shape index (κ2) is 13.2. The van der Waals surface area contributed by atoms with Gasteiger partial charge in [-0.1, -0.05) is 48.5 Å². The summed E-state index contributed by atoms with van der Waals surface area (Å²) in [6, 6.07) is 17.4. The van der Waals surface area contributed by atoms with Crippen molar-refractivity contribution in [1.82, 2.24) is 14.0 Å². The Morgan fingerprint density at radius 2 is 1.49 bits per heavy atom. The van der Waals surface area contributed by atoms with E-state index in [4.69, 9.17) is 5.73 Å². The van der Waals surface area contributed by atoms with E-state index in [-0.39, 0.29) is 29.2 Å². The molecule has 1 aromatic heterocycles. The number of hydrogen-bond acceptors (Lipinski definition) is 6. The largest absolute Gasteiger partial charge is 0.573 e. The van der Waals surface area contributed by atoms with Gasteiger partial charge in [0.1, 0.15) is 23.1 Å². The van der Waals surface area contributed by atoms with E-state index in [9.17, 15) is 31.5 Å². The van der Waals surface area contributed by atoms with Gasteiger partial charge in [-0.2, -0.15) is 0 Å². The molecule has 2 heterocycles. The van der Waals surface area contributed by atoms with Crippen LogP contribution in [-0.4, -0.2) is 46.6 Å². The van der Waals surface area contributed by atoms with Crippen LogP contribution in [0.2, 0.25) is 0 Å². The molecule has 0 amide bonds. The summed E-state index contributed by atoms with van der Waals surface area (Å²) in [4.78, 5) is 31.5. The Labute approximate surface area is 255 Å². The summed E-state index contributed by atoms with van der Waals surface area (Å²) in [5, 5.41) is 0. The summed E-state index contributed by atoms with van der Waals surface area (Å²) < 4.78 is 73.6. The zero-order valence-electron chi connectivity index (χ0n) is 24.4. The highest BCUT2D eigenvalue weighted by Crippen LogP contribution is 2.25. The van der Waals surface area contributed by atoms with Crippen molar-refractivity contribution in [2.75, 3.05) is 31.1 Å². The second-order valence-electron chi connectivity index (χ2n) is 10.9. The zero-order valence-corrected chi connectivity index (χ0v) is 24.4. The highest BCUT2D eigenvalue weighted by Gasteiger charge is 2.31. The average Bonchev–Trinajstić information content (AvgIpc) is 2.99. The normalized spacial score (nSPS) is 14.9. The molecule has 3 aromatic carbocycles. The number of rotatable bonds is 9. The summed E-state index contributed by atoms with van der Waals surface area (Å²) in [7, 11) is 0. The van der Waals surface area contributed by atoms with E-state index >= 15 is 0 Å². The van der Waals surface area contributed by atoms with E-state index in [0.29, 0.717) is 43.9 Å². The fourth-order valence-corrected chi connectivity index (χ4v) is 5.57. The summed E-state index contributed by atoms with van der Waals surface area (Å²) in [6.45, 7) is 2.93. The standard InChI is InChI=1S/C32H32F5N5O3/c1-21-29(40-15-13-39(14-16-40)18-22-7-5-10-24(17-22)45-32(35,36)37)30(43)42(20-28(38)23-8-3-2-4-9-23)31(44)41(21)19-25-26(33)11-6-12-27(25)34/h2-12,17,28H,13-16,18-20,38H2,1H3/t28-/m1/s1. The lowest BCUT2D eigenvalue weighted by Gasteiger charge is -2.37. The van der Waals surface area contributed by atoms with Crippen LogP contribution in [-0.2, 0) is 19.6 Å². The second-order valence-corrected chi connectivity index (χ2v) is 10.9. The van der Waals surface area contributed by atoms with Gasteiger partial charge in [0.2, 0.25) is 0 Å². The monoisotopic (exact) mass is 629 g/mol. The molecule has 5 rings (SSSR count). The van der Waals surface area contributed by atoms with Gasteiger partial charge < -0.3 is 15.4 Å². The van der Waals surface area contributed by atoms with E-state index in [0.717, 1.165) is 16.7 Å². The fraction of sp³-hybridized carbons (Fsp3) is 0.312. The number of benzene rings is 3. The molecule has 0 unspecified atom stereocenters. The number of alkyl halides is 3. The molecular formula is C32H32F5N5O3. The van der Waals surface area contributed by atoms with Crippen LogP contribution in [0.5, 0.6) is 5.75 Å². The summed E-state index contributed by atoms with van der Waals surface area (Å²) in [5.74, 6) is -1.95. The number of nitrogens with zero attached hydrogens (tertiary/aromatic N) is 4. The third kappa shape index (κ3) is 7.43. The third-order valence-electron chi connectivity index (χ3n) is 7.87. The minimum Gasteiger partial charge on any atom is -0.406 e. The molecule has 1 atom stereocenters. The van der Waals surface area contributed by atoms with Crippen LogP contribution in [0.4, 0.5) is 27.6 Å². The molecular weight excluding hydrogens is 597 g/mol. The topological polar surface area (TPSA) is 85.7 Å². The number of hydrogen-bond donors (Lipinski definition) is 1. The maximum Gasteiger partial charge on any atom is 0.573 e. The molecule has 1 aliphatic heterocycles. The zero-order chi connectivity index (χ0) is 32.3. The Kier molecular flexibility index (Phi) is 9.40. The van der Waals surface area contributed by atoms with E-state index < -0.39 is 41.8 Å². The maximum atomic E-state index is 14.7. The number of ether oxygens (including phenoxy) is 1. The van der Waals surface area contributed by atoms with Gasteiger partial charge in [-0.15, -0.1) is 13.2 Å². The first-order valence-electron chi connectivity index (χ1n) is 14.3. The highest BCUT2D eigenvalue weighted by atomic mass is 19.4. The van der Waals surface area contributed by atoms with Crippen molar-refractivity contribution in [3.8, 4) is 5.75 Å². The molecule has 2 N–H and O–H groups in total. The van der Waals surface area contributed by atoms with Crippen LogP contribution in [0.15, 0.2) is 82.4 Å². The SMILES string of the molecule is Cc1c(N2CCN(Cc3cccc(OC(F)(F)F)c3)CC2)c(=O)n(C[C@@H](N)c2ccccc2)c(=O)n1Cc1c(F)cccc1F. The van der Waals surface area contributed by atoms with E-state index in [1.807, 2.05) is 15.9 Å². The first-order chi connectivity index (χ1) is 21.4. The smallest absolute Gasteiger partial charge is 0.406 e. The summed E-state index contributed by atoms with van der Waals surface area (Å²) in [6.07, 6.45) is -4.80. The number of halogens is 5. The Hall–Kier alpha value is -4.49. The van der Waals surface area contributed by atoms with Gasteiger partial charge in [-0.05, 0) is 42.3 Å². The van der Waals surface area contributed by atoms with Gasteiger partial charge in [0.25, 0.3) is 5.56 Å². The quantitative estimate of drug-likeness (QED) is 0.273. The molecule has 45 heavy (non-hydrogen) atoms. The van der Waals surface area contributed by atoms with E-state index in [1.165, 1.54) is 28.8 Å². The molecule has 0 aliphatic carbocycles. The minimum atomic E-state index is -4.80. The number of aromatic nitrogens is 2. The predicted octanol–water partition coefficient (Wildman–Crippen LogP) is 4.57. The lowest BCUT2D eigenvalue weighted by Crippen LogP contribution is -2.51. The molecule has 0 radical (unpaired) electrons. The molecule has 8 nitrogen and oxygen atoms in total. The van der Waals surface area contributed by atoms with Crippen molar-refractivity contribution in [2.24, 2.45) is 5.73 Å².